The summed E-state index contributed by atoms with van der Waals surface area (Å²) in [7, 11) is 0. The SMILES string of the molecule is CCOc1cc([N+]#N)c(OCC)c(NC(=O)c2ccccc2)c1.[Cl-].[Zn]. The Labute approximate surface area is 165 Å². The summed E-state index contributed by atoms with van der Waals surface area (Å²) in [6.07, 6.45) is 0. The Morgan fingerprint density at radius 1 is 1.12 bits per heavy atom. The van der Waals surface area contributed by atoms with Crippen molar-refractivity contribution in [2.45, 2.75) is 13.8 Å². The number of benzene rings is 2. The first-order valence-electron chi connectivity index (χ1n) is 7.34. The molecule has 25 heavy (non-hydrogen) atoms. The van der Waals surface area contributed by atoms with Crippen LogP contribution in [-0.4, -0.2) is 19.1 Å². The number of amides is 1. The first-order valence-corrected chi connectivity index (χ1v) is 7.34. The minimum Gasteiger partial charge on any atom is -1.00 e. The Balaban J connectivity index is 0.00000288. The topological polar surface area (TPSA) is 75.7 Å². The maximum Gasteiger partial charge on any atom is 0.432 e. The van der Waals surface area contributed by atoms with Gasteiger partial charge in [0.2, 0.25) is 11.1 Å². The van der Waals surface area contributed by atoms with E-state index < -0.39 is 0 Å². The van der Waals surface area contributed by atoms with Crippen LogP contribution in [0, 0.1) is 5.39 Å². The molecular weight excluding hydrogens is 395 g/mol. The third-order valence-electron chi connectivity index (χ3n) is 3.03. The number of carbonyl (C=O) groups excluding carboxylic acids is 1. The molecule has 1 N–H and O–H groups in total. The van der Waals surface area contributed by atoms with Crippen molar-refractivity contribution in [2.75, 3.05) is 18.5 Å². The molecule has 0 heterocycles. The summed E-state index contributed by atoms with van der Waals surface area (Å²) in [6, 6.07) is 12.0. The standard InChI is InChI=1S/C17H17N3O3.ClH.Zn/c1-3-22-13-10-14(16(23-4-2)15(11-13)20-18)19-17(21)12-8-6-5-7-9-12;;/h5-11H,3-4H2,1-2H3;1H;. The minimum atomic E-state index is -0.288. The molecule has 1 amide bonds. The molecule has 0 aliphatic carbocycles. The summed E-state index contributed by atoms with van der Waals surface area (Å²) in [4.78, 5) is 15.6. The molecule has 6 nitrogen and oxygen atoms in total. The second-order valence-corrected chi connectivity index (χ2v) is 4.61. The Bertz CT molecular complexity index is 736. The van der Waals surface area contributed by atoms with E-state index >= 15 is 0 Å². The molecule has 2 rings (SSSR count). The number of nitrogens with one attached hydrogen (secondary N) is 1. The van der Waals surface area contributed by atoms with Crippen molar-refractivity contribution in [3.05, 3.63) is 53.0 Å². The van der Waals surface area contributed by atoms with Crippen LogP contribution in [0.15, 0.2) is 42.5 Å². The smallest absolute Gasteiger partial charge is 0.432 e. The molecule has 0 unspecified atom stereocenters. The van der Waals surface area contributed by atoms with E-state index in [2.05, 4.69) is 10.3 Å². The molecule has 0 radical (unpaired) electrons. The van der Waals surface area contributed by atoms with Gasteiger partial charge in [-0.05, 0) is 26.0 Å². The molecule has 0 aromatic heterocycles. The zero-order chi connectivity index (χ0) is 16.7. The van der Waals surface area contributed by atoms with E-state index in [1.807, 2.05) is 13.0 Å². The van der Waals surface area contributed by atoms with E-state index in [1.54, 1.807) is 43.3 Å². The van der Waals surface area contributed by atoms with Gasteiger partial charge in [0.15, 0.2) is 4.98 Å². The molecular formula is C17H18ClN3O3Zn. The Morgan fingerprint density at radius 2 is 1.76 bits per heavy atom. The summed E-state index contributed by atoms with van der Waals surface area (Å²) in [5, 5.41) is 12.0. The van der Waals surface area contributed by atoms with E-state index in [1.165, 1.54) is 0 Å². The molecule has 0 aliphatic heterocycles. The molecule has 2 aromatic carbocycles. The number of anilines is 1. The van der Waals surface area contributed by atoms with Gasteiger partial charge in [-0.3, -0.25) is 4.79 Å². The molecule has 0 saturated carbocycles. The number of ether oxygens (including phenoxy) is 2. The predicted molar refractivity (Wildman–Crippen MR) is 87.9 cm³/mol. The molecule has 0 fully saturated rings. The predicted octanol–water partition coefficient (Wildman–Crippen LogP) is 1.22. The summed E-state index contributed by atoms with van der Waals surface area (Å²) in [5.41, 5.74) is 1.10. The molecule has 2 aromatic rings. The van der Waals surface area contributed by atoms with Gasteiger partial charge in [-0.15, -0.1) is 0 Å². The normalized spacial score (nSPS) is 9.00. The van der Waals surface area contributed by atoms with Gasteiger partial charge in [0.05, 0.1) is 25.0 Å². The number of halogens is 1. The number of carbonyl (C=O) groups is 1. The van der Waals surface area contributed by atoms with Crippen molar-refractivity contribution in [1.29, 1.82) is 5.39 Å². The monoisotopic (exact) mass is 411 g/mol. The Hall–Kier alpha value is -2.16. The van der Waals surface area contributed by atoms with Crippen molar-refractivity contribution in [3.8, 4) is 11.5 Å². The van der Waals surface area contributed by atoms with Gasteiger partial charge in [-0.25, -0.2) is 0 Å². The fourth-order valence-electron chi connectivity index (χ4n) is 2.08. The quantitative estimate of drug-likeness (QED) is 0.571. The first kappa shape index (κ1) is 22.8. The van der Waals surface area contributed by atoms with Crippen molar-refractivity contribution < 1.29 is 46.2 Å². The van der Waals surface area contributed by atoms with E-state index in [9.17, 15) is 10.2 Å². The van der Waals surface area contributed by atoms with Gasteiger partial charge in [0.1, 0.15) is 5.75 Å². The van der Waals surface area contributed by atoms with Crippen molar-refractivity contribution in [1.82, 2.24) is 0 Å². The third kappa shape index (κ3) is 6.01. The van der Waals surface area contributed by atoms with E-state index in [4.69, 9.17) is 9.47 Å². The van der Waals surface area contributed by atoms with Crippen molar-refractivity contribution in [3.63, 3.8) is 0 Å². The minimum absolute atomic E-state index is 0. The average molecular weight is 413 g/mol. The van der Waals surface area contributed by atoms with Crippen LogP contribution in [0.4, 0.5) is 11.4 Å². The van der Waals surface area contributed by atoms with Crippen LogP contribution in [0.25, 0.3) is 4.98 Å². The van der Waals surface area contributed by atoms with Gasteiger partial charge in [-0.2, -0.15) is 0 Å². The molecule has 8 heteroatoms. The summed E-state index contributed by atoms with van der Waals surface area (Å²) in [6.45, 7) is 4.46. The fraction of sp³-hybridized carbons (Fsp3) is 0.235. The summed E-state index contributed by atoms with van der Waals surface area (Å²) < 4.78 is 10.9. The van der Waals surface area contributed by atoms with Crippen LogP contribution in [0.1, 0.15) is 24.2 Å². The number of hydrogen-bond acceptors (Lipinski definition) is 4. The van der Waals surface area contributed by atoms with Gasteiger partial charge < -0.3 is 27.2 Å². The fourth-order valence-corrected chi connectivity index (χ4v) is 2.08. The van der Waals surface area contributed by atoms with Crippen LogP contribution in [0.2, 0.25) is 0 Å². The number of rotatable bonds is 6. The van der Waals surface area contributed by atoms with E-state index in [-0.39, 0.29) is 43.5 Å². The van der Waals surface area contributed by atoms with Crippen molar-refractivity contribution in [2.24, 2.45) is 0 Å². The number of diazo groups is 1. The molecule has 128 valence electrons. The summed E-state index contributed by atoms with van der Waals surface area (Å²) >= 11 is 0. The van der Waals surface area contributed by atoms with E-state index in [0.717, 1.165) is 0 Å². The average Bonchev–Trinajstić information content (AvgIpc) is 2.58. The number of nitrogens with zero attached hydrogens (tertiary/aromatic N) is 2. The largest absolute Gasteiger partial charge is 1.00 e. The summed E-state index contributed by atoms with van der Waals surface area (Å²) in [5.74, 6) is 0.485. The van der Waals surface area contributed by atoms with Crippen LogP contribution >= 0.6 is 0 Å². The van der Waals surface area contributed by atoms with Crippen LogP contribution in [0.5, 0.6) is 11.5 Å². The maximum atomic E-state index is 12.3. The van der Waals surface area contributed by atoms with Crippen LogP contribution in [-0.2, 0) is 19.5 Å². The van der Waals surface area contributed by atoms with Crippen LogP contribution < -0.4 is 27.2 Å². The maximum absolute atomic E-state index is 12.3. The van der Waals surface area contributed by atoms with Gasteiger partial charge in [-0.1, -0.05) is 18.2 Å². The zero-order valence-electron chi connectivity index (χ0n) is 14.2. The van der Waals surface area contributed by atoms with Crippen molar-refractivity contribution >= 4 is 17.3 Å². The second-order valence-electron chi connectivity index (χ2n) is 4.61. The molecule has 0 atom stereocenters. The second kappa shape index (κ2) is 11.4. The Kier molecular flexibility index (Phi) is 10.4. The van der Waals surface area contributed by atoms with Crippen LogP contribution in [0.3, 0.4) is 0 Å². The molecule has 0 spiro atoms. The zero-order valence-corrected chi connectivity index (χ0v) is 17.9. The first-order chi connectivity index (χ1) is 11.2. The van der Waals surface area contributed by atoms with Gasteiger partial charge >= 0.3 is 5.69 Å². The third-order valence-corrected chi connectivity index (χ3v) is 3.03. The molecule has 0 bridgehead atoms. The number of hydrogen-bond donors (Lipinski definition) is 1. The Morgan fingerprint density at radius 3 is 2.32 bits per heavy atom. The van der Waals surface area contributed by atoms with Gasteiger partial charge in [0.25, 0.3) is 5.91 Å². The van der Waals surface area contributed by atoms with Gasteiger partial charge in [0, 0.05) is 31.1 Å². The van der Waals surface area contributed by atoms with E-state index in [0.29, 0.717) is 36.0 Å². The molecule has 0 saturated heterocycles. The molecule has 0 aliphatic rings.